The number of amides is 2. The molecule has 0 radical (unpaired) electrons. The summed E-state index contributed by atoms with van der Waals surface area (Å²) >= 11 is 0. The molecule has 0 spiro atoms. The zero-order valence-corrected chi connectivity index (χ0v) is 18.6. The van der Waals surface area contributed by atoms with E-state index in [0.29, 0.717) is 18.5 Å². The van der Waals surface area contributed by atoms with Gasteiger partial charge in [-0.3, -0.25) is 9.59 Å². The first-order chi connectivity index (χ1) is 16.1. The minimum absolute atomic E-state index is 0.0869. The van der Waals surface area contributed by atoms with Gasteiger partial charge in [0.1, 0.15) is 11.9 Å². The van der Waals surface area contributed by atoms with Crippen LogP contribution in [0, 0.1) is 5.82 Å². The monoisotopic (exact) mass is 448 g/mol. The van der Waals surface area contributed by atoms with E-state index >= 15 is 0 Å². The Morgan fingerprint density at radius 3 is 2.36 bits per heavy atom. The van der Waals surface area contributed by atoms with Crippen LogP contribution in [0.15, 0.2) is 77.4 Å². The molecule has 5 nitrogen and oxygen atoms in total. The second-order valence-corrected chi connectivity index (χ2v) is 8.51. The van der Waals surface area contributed by atoms with Crippen molar-refractivity contribution in [2.45, 2.75) is 50.6 Å². The molecule has 1 aliphatic rings. The molecule has 3 aromatic rings. The highest BCUT2D eigenvalue weighted by Gasteiger charge is 2.34. The van der Waals surface area contributed by atoms with Crippen LogP contribution >= 0.6 is 0 Å². The van der Waals surface area contributed by atoms with Gasteiger partial charge in [-0.2, -0.15) is 0 Å². The molecule has 1 N–H and O–H groups in total. The Balaban J connectivity index is 1.66. The maximum Gasteiger partial charge on any atom is 0.290 e. The molecule has 172 valence electrons. The lowest BCUT2D eigenvalue weighted by molar-refractivity contribution is -0.126. The Bertz CT molecular complexity index is 1030. The molecule has 0 saturated heterocycles. The zero-order valence-electron chi connectivity index (χ0n) is 18.6. The van der Waals surface area contributed by atoms with Crippen LogP contribution in [-0.2, 0) is 11.2 Å². The van der Waals surface area contributed by atoms with Crippen LogP contribution in [0.25, 0.3) is 0 Å². The van der Waals surface area contributed by atoms with Gasteiger partial charge in [0.25, 0.3) is 5.91 Å². The van der Waals surface area contributed by atoms with Crippen LogP contribution < -0.4 is 5.32 Å². The highest BCUT2D eigenvalue weighted by atomic mass is 19.1. The van der Waals surface area contributed by atoms with Crippen LogP contribution in [0.2, 0.25) is 0 Å². The van der Waals surface area contributed by atoms with Crippen molar-refractivity contribution in [3.8, 4) is 0 Å². The fourth-order valence-electron chi connectivity index (χ4n) is 4.43. The molecule has 4 rings (SSSR count). The number of carbonyl (C=O) groups excluding carboxylic acids is 2. The normalized spacial score (nSPS) is 15.1. The van der Waals surface area contributed by atoms with Crippen molar-refractivity contribution in [2.75, 3.05) is 6.54 Å². The third kappa shape index (κ3) is 5.89. The van der Waals surface area contributed by atoms with Gasteiger partial charge < -0.3 is 14.6 Å². The highest BCUT2D eigenvalue weighted by Crippen LogP contribution is 2.26. The lowest BCUT2D eigenvalue weighted by Crippen LogP contribution is -2.47. The van der Waals surface area contributed by atoms with Crippen molar-refractivity contribution in [3.05, 3.63) is 95.7 Å². The van der Waals surface area contributed by atoms with Crippen molar-refractivity contribution >= 4 is 11.8 Å². The predicted octanol–water partition coefficient (Wildman–Crippen LogP) is 5.29. The highest BCUT2D eigenvalue weighted by molar-refractivity contribution is 5.96. The Kier molecular flexibility index (Phi) is 7.55. The molecule has 0 aliphatic heterocycles. The average molecular weight is 449 g/mol. The van der Waals surface area contributed by atoms with Gasteiger partial charge in [0.05, 0.1) is 6.26 Å². The minimum Gasteiger partial charge on any atom is -0.459 e. The van der Waals surface area contributed by atoms with E-state index in [1.165, 1.54) is 29.7 Å². The second-order valence-electron chi connectivity index (χ2n) is 8.51. The first kappa shape index (κ1) is 22.8. The predicted molar refractivity (Wildman–Crippen MR) is 124 cm³/mol. The standard InChI is InChI=1S/C27H29FN2O3/c28-22-15-13-21(14-16-22)25(26(31)29-23-10-5-2-6-11-23)30(27(32)24-12-7-19-33-24)18-17-20-8-3-1-4-9-20/h1,3-4,7-9,12-16,19,23,25H,2,5-6,10-11,17-18H2,(H,29,31)/t25-/m1/s1. The van der Waals surface area contributed by atoms with Crippen molar-refractivity contribution in [1.29, 1.82) is 0 Å². The molecule has 6 heteroatoms. The quantitative estimate of drug-likeness (QED) is 0.509. The Labute approximate surface area is 193 Å². The van der Waals surface area contributed by atoms with Gasteiger partial charge in [0.2, 0.25) is 5.91 Å². The lowest BCUT2D eigenvalue weighted by atomic mass is 9.94. The van der Waals surface area contributed by atoms with E-state index < -0.39 is 11.9 Å². The topological polar surface area (TPSA) is 62.6 Å². The zero-order chi connectivity index (χ0) is 23.0. The smallest absolute Gasteiger partial charge is 0.290 e. The van der Waals surface area contributed by atoms with Gasteiger partial charge in [-0.25, -0.2) is 4.39 Å². The van der Waals surface area contributed by atoms with Crippen molar-refractivity contribution < 1.29 is 18.4 Å². The molecule has 1 atom stereocenters. The molecule has 1 aliphatic carbocycles. The SMILES string of the molecule is O=C(NC1CCCCC1)[C@@H](c1ccc(F)cc1)N(CCc1ccccc1)C(=O)c1ccco1. The van der Waals surface area contributed by atoms with E-state index in [2.05, 4.69) is 5.32 Å². The molecule has 1 aromatic heterocycles. The average Bonchev–Trinajstić information content (AvgIpc) is 3.38. The van der Waals surface area contributed by atoms with E-state index in [1.807, 2.05) is 30.3 Å². The van der Waals surface area contributed by atoms with Crippen LogP contribution in [-0.4, -0.2) is 29.3 Å². The Hall–Kier alpha value is -3.41. The molecule has 1 fully saturated rings. The van der Waals surface area contributed by atoms with Gasteiger partial charge in [0, 0.05) is 12.6 Å². The maximum atomic E-state index is 13.7. The van der Waals surface area contributed by atoms with Crippen LogP contribution in [0.1, 0.15) is 59.8 Å². The summed E-state index contributed by atoms with van der Waals surface area (Å²) in [5, 5.41) is 3.15. The van der Waals surface area contributed by atoms with Crippen molar-refractivity contribution in [3.63, 3.8) is 0 Å². The summed E-state index contributed by atoms with van der Waals surface area (Å²) in [4.78, 5) is 28.6. The van der Waals surface area contributed by atoms with Gasteiger partial charge >= 0.3 is 0 Å². The van der Waals surface area contributed by atoms with E-state index in [1.54, 1.807) is 24.3 Å². The first-order valence-electron chi connectivity index (χ1n) is 11.6. The summed E-state index contributed by atoms with van der Waals surface area (Å²) in [6.45, 7) is 0.309. The number of carbonyl (C=O) groups is 2. The van der Waals surface area contributed by atoms with Crippen LogP contribution in [0.4, 0.5) is 4.39 Å². The van der Waals surface area contributed by atoms with Crippen LogP contribution in [0.5, 0.6) is 0 Å². The fourth-order valence-corrected chi connectivity index (χ4v) is 4.43. The number of hydrogen-bond acceptors (Lipinski definition) is 3. The Morgan fingerprint density at radius 1 is 0.970 bits per heavy atom. The largest absolute Gasteiger partial charge is 0.459 e. The summed E-state index contributed by atoms with van der Waals surface area (Å²) in [5.41, 5.74) is 1.62. The van der Waals surface area contributed by atoms with Gasteiger partial charge in [-0.1, -0.05) is 61.7 Å². The van der Waals surface area contributed by atoms with E-state index in [9.17, 15) is 14.0 Å². The summed E-state index contributed by atoms with van der Waals surface area (Å²) in [6.07, 6.45) is 7.20. The molecule has 2 amide bonds. The maximum absolute atomic E-state index is 13.7. The molecule has 2 aromatic carbocycles. The van der Waals surface area contributed by atoms with Crippen LogP contribution in [0.3, 0.4) is 0 Å². The Morgan fingerprint density at radius 2 is 1.70 bits per heavy atom. The van der Waals surface area contributed by atoms with Gasteiger partial charge in [0.15, 0.2) is 5.76 Å². The third-order valence-corrected chi connectivity index (χ3v) is 6.17. The van der Waals surface area contributed by atoms with E-state index in [-0.39, 0.29) is 23.6 Å². The fraction of sp³-hybridized carbons (Fsp3) is 0.333. The first-order valence-corrected chi connectivity index (χ1v) is 11.6. The number of nitrogens with zero attached hydrogens (tertiary/aromatic N) is 1. The molecular formula is C27H29FN2O3. The third-order valence-electron chi connectivity index (χ3n) is 6.17. The van der Waals surface area contributed by atoms with Crippen molar-refractivity contribution in [2.24, 2.45) is 0 Å². The number of halogens is 1. The number of benzene rings is 2. The van der Waals surface area contributed by atoms with E-state index in [0.717, 1.165) is 31.2 Å². The number of nitrogens with one attached hydrogen (secondary N) is 1. The molecule has 1 saturated carbocycles. The van der Waals surface area contributed by atoms with Gasteiger partial charge in [-0.15, -0.1) is 0 Å². The summed E-state index contributed by atoms with van der Waals surface area (Å²) < 4.78 is 19.1. The molecule has 0 unspecified atom stereocenters. The van der Waals surface area contributed by atoms with E-state index in [4.69, 9.17) is 4.42 Å². The molecule has 0 bridgehead atoms. The molecule has 1 heterocycles. The minimum atomic E-state index is -0.895. The lowest BCUT2D eigenvalue weighted by Gasteiger charge is -2.33. The summed E-state index contributed by atoms with van der Waals surface area (Å²) in [6, 6.07) is 18.0. The summed E-state index contributed by atoms with van der Waals surface area (Å²) in [7, 11) is 0. The van der Waals surface area contributed by atoms with Crippen molar-refractivity contribution in [1.82, 2.24) is 10.2 Å². The van der Waals surface area contributed by atoms with Gasteiger partial charge in [-0.05, 0) is 54.7 Å². The molecule has 33 heavy (non-hydrogen) atoms. The molecular weight excluding hydrogens is 419 g/mol. The number of rotatable bonds is 8. The number of hydrogen-bond donors (Lipinski definition) is 1. The summed E-state index contributed by atoms with van der Waals surface area (Å²) in [5.74, 6) is -0.843. The second kappa shape index (κ2) is 10.9. The number of furan rings is 1.